The van der Waals surface area contributed by atoms with Crippen LogP contribution >= 0.6 is 11.6 Å². The molecule has 0 N–H and O–H groups in total. The van der Waals surface area contributed by atoms with Crippen molar-refractivity contribution >= 4 is 33.2 Å². The summed E-state index contributed by atoms with van der Waals surface area (Å²) in [6, 6.07) is 18.1. The van der Waals surface area contributed by atoms with Crippen molar-refractivity contribution < 1.29 is 17.9 Å². The third-order valence-corrected chi connectivity index (χ3v) is 8.36. The molecule has 0 aliphatic rings. The molecule has 8 heteroatoms. The van der Waals surface area contributed by atoms with Crippen LogP contribution in [-0.2, 0) is 26.0 Å². The Kier molecular flexibility index (Phi) is 10.4. The Hall–Kier alpha value is -3.00. The van der Waals surface area contributed by atoms with Gasteiger partial charge < -0.3 is 4.74 Å². The van der Waals surface area contributed by atoms with Gasteiger partial charge in [-0.3, -0.25) is 9.78 Å². The Bertz CT molecular complexity index is 1290. The average Bonchev–Trinajstić information content (AvgIpc) is 2.89. The number of hydrogen-bond donors (Lipinski definition) is 0. The maximum absolute atomic E-state index is 13.2. The van der Waals surface area contributed by atoms with Crippen LogP contribution in [0, 0.1) is 0 Å². The van der Waals surface area contributed by atoms with Gasteiger partial charge in [0.1, 0.15) is 0 Å². The first-order chi connectivity index (χ1) is 17.7. The SMILES string of the molecule is COC(=O)CCC/C=C(\c1ccc(CCN(C(C)C)S(=O)(=O)c2ccc(Cl)cc2)cc1)c1cccnc1. The molecule has 0 spiro atoms. The number of aromatic nitrogens is 1. The highest BCUT2D eigenvalue weighted by Gasteiger charge is 2.26. The Morgan fingerprint density at radius 3 is 2.35 bits per heavy atom. The molecule has 3 aromatic rings. The molecule has 0 radical (unpaired) electrons. The van der Waals surface area contributed by atoms with Gasteiger partial charge >= 0.3 is 5.97 Å². The number of carbonyl (C=O) groups is 1. The summed E-state index contributed by atoms with van der Waals surface area (Å²) in [6.07, 6.45) is 8.05. The first-order valence-corrected chi connectivity index (χ1v) is 14.1. The molecule has 0 bridgehead atoms. The molecule has 1 aromatic heterocycles. The van der Waals surface area contributed by atoms with E-state index in [1.807, 2.05) is 56.4 Å². The summed E-state index contributed by atoms with van der Waals surface area (Å²) < 4.78 is 32.7. The molecule has 1 heterocycles. The molecule has 0 unspecified atom stereocenters. The molecular weight excluding hydrogens is 508 g/mol. The molecule has 2 aromatic carbocycles. The van der Waals surface area contributed by atoms with Gasteiger partial charge in [-0.2, -0.15) is 4.31 Å². The van der Waals surface area contributed by atoms with Gasteiger partial charge in [0.25, 0.3) is 0 Å². The number of pyridine rings is 1. The number of rotatable bonds is 12. The number of methoxy groups -OCH3 is 1. The quantitative estimate of drug-likeness (QED) is 0.203. The number of esters is 1. The highest BCUT2D eigenvalue weighted by atomic mass is 35.5. The summed E-state index contributed by atoms with van der Waals surface area (Å²) in [7, 11) is -2.24. The van der Waals surface area contributed by atoms with E-state index < -0.39 is 10.0 Å². The lowest BCUT2D eigenvalue weighted by molar-refractivity contribution is -0.140. The molecule has 0 atom stereocenters. The summed E-state index contributed by atoms with van der Waals surface area (Å²) >= 11 is 5.94. The van der Waals surface area contributed by atoms with Crippen molar-refractivity contribution in [2.24, 2.45) is 0 Å². The van der Waals surface area contributed by atoms with E-state index >= 15 is 0 Å². The van der Waals surface area contributed by atoms with Crippen molar-refractivity contribution in [2.45, 2.75) is 50.5 Å². The number of sulfonamides is 1. The lowest BCUT2D eigenvalue weighted by atomic mass is 9.96. The van der Waals surface area contributed by atoms with Crippen LogP contribution in [0.2, 0.25) is 5.02 Å². The second kappa shape index (κ2) is 13.5. The van der Waals surface area contributed by atoms with Gasteiger partial charge in [-0.25, -0.2) is 8.42 Å². The Balaban J connectivity index is 1.75. The number of allylic oxidation sites excluding steroid dienone is 1. The van der Waals surface area contributed by atoms with Crippen molar-refractivity contribution in [3.63, 3.8) is 0 Å². The zero-order chi connectivity index (χ0) is 26.8. The van der Waals surface area contributed by atoms with Crippen LogP contribution in [0.4, 0.5) is 0 Å². The van der Waals surface area contributed by atoms with E-state index in [-0.39, 0.29) is 16.9 Å². The second-order valence-electron chi connectivity index (χ2n) is 8.94. The van der Waals surface area contributed by atoms with Gasteiger partial charge in [-0.15, -0.1) is 0 Å². The number of unbranched alkanes of at least 4 members (excludes halogenated alkanes) is 1. The van der Waals surface area contributed by atoms with Crippen molar-refractivity contribution in [3.05, 3.63) is 101 Å². The van der Waals surface area contributed by atoms with Crippen molar-refractivity contribution in [2.75, 3.05) is 13.7 Å². The normalized spacial score (nSPS) is 12.2. The van der Waals surface area contributed by atoms with E-state index in [0.29, 0.717) is 30.8 Å². The molecule has 0 saturated heterocycles. The zero-order valence-electron chi connectivity index (χ0n) is 21.4. The van der Waals surface area contributed by atoms with E-state index in [9.17, 15) is 13.2 Å². The van der Waals surface area contributed by atoms with Gasteiger partial charge in [-0.1, -0.05) is 48.0 Å². The highest BCUT2D eigenvalue weighted by molar-refractivity contribution is 7.89. The smallest absolute Gasteiger partial charge is 0.305 e. The first kappa shape index (κ1) is 28.6. The molecule has 196 valence electrons. The number of ether oxygens (including phenoxy) is 1. The van der Waals surface area contributed by atoms with Crippen LogP contribution in [0.25, 0.3) is 5.57 Å². The van der Waals surface area contributed by atoms with Crippen molar-refractivity contribution in [3.8, 4) is 0 Å². The zero-order valence-corrected chi connectivity index (χ0v) is 23.0. The molecule has 0 aliphatic heterocycles. The number of benzene rings is 2. The number of halogens is 1. The van der Waals surface area contributed by atoms with Crippen LogP contribution in [0.3, 0.4) is 0 Å². The minimum atomic E-state index is -3.64. The lowest BCUT2D eigenvalue weighted by Crippen LogP contribution is -2.38. The lowest BCUT2D eigenvalue weighted by Gasteiger charge is -2.26. The second-order valence-corrected chi connectivity index (χ2v) is 11.3. The first-order valence-electron chi connectivity index (χ1n) is 12.3. The Morgan fingerprint density at radius 2 is 1.76 bits per heavy atom. The fraction of sp³-hybridized carbons (Fsp3) is 0.310. The van der Waals surface area contributed by atoms with Gasteiger partial charge in [0.15, 0.2) is 0 Å². The van der Waals surface area contributed by atoms with Crippen molar-refractivity contribution in [1.82, 2.24) is 9.29 Å². The molecule has 0 fully saturated rings. The minimum absolute atomic E-state index is 0.190. The molecule has 0 saturated carbocycles. The maximum atomic E-state index is 13.2. The third-order valence-electron chi connectivity index (χ3n) is 6.02. The third kappa shape index (κ3) is 7.99. The van der Waals surface area contributed by atoms with Crippen LogP contribution < -0.4 is 0 Å². The molecular formula is C29H33ClN2O4S. The fourth-order valence-corrected chi connectivity index (χ4v) is 5.77. The van der Waals surface area contributed by atoms with Crippen LogP contribution in [-0.4, -0.2) is 43.4 Å². The van der Waals surface area contributed by atoms with E-state index in [2.05, 4.69) is 11.1 Å². The van der Waals surface area contributed by atoms with Crippen LogP contribution in [0.1, 0.15) is 49.8 Å². The summed E-state index contributed by atoms with van der Waals surface area (Å²) in [6.45, 7) is 4.12. The van der Waals surface area contributed by atoms with E-state index in [1.165, 1.54) is 11.4 Å². The minimum Gasteiger partial charge on any atom is -0.469 e. The van der Waals surface area contributed by atoms with Gasteiger partial charge in [-0.05, 0) is 80.1 Å². The number of carbonyl (C=O) groups excluding carboxylic acids is 1. The van der Waals surface area contributed by atoms with Gasteiger partial charge in [0.05, 0.1) is 12.0 Å². The molecule has 37 heavy (non-hydrogen) atoms. The summed E-state index contributed by atoms with van der Waals surface area (Å²) in [5, 5.41) is 0.498. The fourth-order valence-electron chi connectivity index (χ4n) is 4.01. The standard InChI is InChI=1S/C29H33ClN2O4S/c1-22(2)32(37(34,35)27-16-14-26(30)15-17-27)20-18-23-10-12-24(13-11-23)28(25-7-6-19-31-21-25)8-4-5-9-29(33)36-3/h6-8,10-17,19,21-22H,4-5,9,18,20H2,1-3H3/b28-8+. The average molecular weight is 541 g/mol. The summed E-state index contributed by atoms with van der Waals surface area (Å²) in [4.78, 5) is 15.9. The number of nitrogens with zero attached hydrogens (tertiary/aromatic N) is 2. The Morgan fingerprint density at radius 1 is 1.05 bits per heavy atom. The maximum Gasteiger partial charge on any atom is 0.305 e. The predicted octanol–water partition coefficient (Wildman–Crippen LogP) is 6.15. The van der Waals surface area contributed by atoms with Crippen LogP contribution in [0.15, 0.2) is 84.0 Å². The summed E-state index contributed by atoms with van der Waals surface area (Å²) in [5.41, 5.74) is 4.10. The molecule has 6 nitrogen and oxygen atoms in total. The Labute approximate surface area is 225 Å². The largest absolute Gasteiger partial charge is 0.469 e. The van der Waals surface area contributed by atoms with E-state index in [1.54, 1.807) is 30.5 Å². The molecule has 0 aliphatic carbocycles. The molecule has 0 amide bonds. The van der Waals surface area contributed by atoms with Gasteiger partial charge in [0.2, 0.25) is 10.0 Å². The topological polar surface area (TPSA) is 76.6 Å². The summed E-state index contributed by atoms with van der Waals surface area (Å²) in [5.74, 6) is -0.214. The van der Waals surface area contributed by atoms with E-state index in [0.717, 1.165) is 28.7 Å². The highest BCUT2D eigenvalue weighted by Crippen LogP contribution is 2.25. The number of hydrogen-bond acceptors (Lipinski definition) is 5. The molecule has 3 rings (SSSR count). The van der Waals surface area contributed by atoms with Crippen molar-refractivity contribution in [1.29, 1.82) is 0 Å². The van der Waals surface area contributed by atoms with Gasteiger partial charge in [0, 0.05) is 42.0 Å². The predicted molar refractivity (Wildman–Crippen MR) is 148 cm³/mol. The van der Waals surface area contributed by atoms with E-state index in [4.69, 9.17) is 16.3 Å². The monoisotopic (exact) mass is 540 g/mol. The van der Waals surface area contributed by atoms with Crippen LogP contribution in [0.5, 0.6) is 0 Å².